The molecular weight excluding hydrogens is 323 g/mol. The minimum Gasteiger partial charge on any atom is -0.394 e. The van der Waals surface area contributed by atoms with E-state index in [0.29, 0.717) is 11.4 Å². The number of aliphatic hydroxyl groups excluding tert-OH is 1. The van der Waals surface area contributed by atoms with E-state index in [-0.39, 0.29) is 24.1 Å². The summed E-state index contributed by atoms with van der Waals surface area (Å²) in [5.41, 5.74) is 1.30. The molecular formula is C15H18ClFN4O2. The van der Waals surface area contributed by atoms with Crippen LogP contribution in [0.1, 0.15) is 17.3 Å². The second-order valence-electron chi connectivity index (χ2n) is 5.13. The molecule has 0 aliphatic heterocycles. The van der Waals surface area contributed by atoms with E-state index in [2.05, 4.69) is 15.7 Å². The number of amides is 1. The molecule has 3 N–H and O–H groups in total. The summed E-state index contributed by atoms with van der Waals surface area (Å²) in [6.45, 7) is 1.50. The maximum Gasteiger partial charge on any atom is 0.239 e. The standard InChI is InChI=1S/C15H18ClFN4O2/c1-9-5-14(21(2)20-9)19-15(23)7-18-13(8-22)10-3-4-11(16)12(17)6-10/h3-6,13,18,22H,7-8H2,1-2H3,(H,19,23)/t13-/m1/s1. The number of aromatic nitrogens is 2. The Morgan fingerprint density at radius 2 is 2.22 bits per heavy atom. The highest BCUT2D eigenvalue weighted by Gasteiger charge is 2.14. The van der Waals surface area contributed by atoms with Gasteiger partial charge in [-0.2, -0.15) is 5.10 Å². The molecule has 0 aliphatic rings. The van der Waals surface area contributed by atoms with Crippen molar-refractivity contribution < 1.29 is 14.3 Å². The number of halogens is 2. The van der Waals surface area contributed by atoms with Crippen molar-refractivity contribution >= 4 is 23.3 Å². The normalized spacial score (nSPS) is 12.2. The first kappa shape index (κ1) is 17.4. The van der Waals surface area contributed by atoms with Gasteiger partial charge in [0.15, 0.2) is 0 Å². The van der Waals surface area contributed by atoms with E-state index >= 15 is 0 Å². The van der Waals surface area contributed by atoms with Crippen molar-refractivity contribution in [3.05, 3.63) is 46.4 Å². The van der Waals surface area contributed by atoms with Gasteiger partial charge in [-0.25, -0.2) is 4.39 Å². The van der Waals surface area contributed by atoms with Crippen LogP contribution in [0.4, 0.5) is 10.2 Å². The molecule has 6 nitrogen and oxygen atoms in total. The Morgan fingerprint density at radius 3 is 2.78 bits per heavy atom. The molecule has 2 rings (SSSR count). The van der Waals surface area contributed by atoms with Gasteiger partial charge in [0.05, 0.1) is 29.9 Å². The van der Waals surface area contributed by atoms with E-state index < -0.39 is 11.9 Å². The zero-order valence-corrected chi connectivity index (χ0v) is 13.6. The van der Waals surface area contributed by atoms with Crippen molar-refractivity contribution in [2.75, 3.05) is 18.5 Å². The number of aryl methyl sites for hydroxylation is 2. The van der Waals surface area contributed by atoms with Crippen molar-refractivity contribution in [3.8, 4) is 0 Å². The van der Waals surface area contributed by atoms with Gasteiger partial charge in [-0.1, -0.05) is 17.7 Å². The molecule has 0 aliphatic carbocycles. The predicted octanol–water partition coefficient (Wildman–Crippen LogP) is 1.78. The average Bonchev–Trinajstić information content (AvgIpc) is 2.81. The Labute approximate surface area is 138 Å². The van der Waals surface area contributed by atoms with Crippen LogP contribution in [0.25, 0.3) is 0 Å². The summed E-state index contributed by atoms with van der Waals surface area (Å²) >= 11 is 5.63. The van der Waals surface area contributed by atoms with E-state index in [1.807, 2.05) is 6.92 Å². The van der Waals surface area contributed by atoms with Gasteiger partial charge >= 0.3 is 0 Å². The lowest BCUT2D eigenvalue weighted by atomic mass is 10.1. The Balaban J connectivity index is 1.95. The number of benzene rings is 1. The number of hydrogen-bond donors (Lipinski definition) is 3. The third-order valence-electron chi connectivity index (χ3n) is 3.31. The number of nitrogens with one attached hydrogen (secondary N) is 2. The molecule has 124 valence electrons. The number of carbonyl (C=O) groups excluding carboxylic acids is 1. The first-order valence-corrected chi connectivity index (χ1v) is 7.38. The second-order valence-corrected chi connectivity index (χ2v) is 5.54. The molecule has 23 heavy (non-hydrogen) atoms. The minimum absolute atomic E-state index is 0.00904. The highest BCUT2D eigenvalue weighted by atomic mass is 35.5. The van der Waals surface area contributed by atoms with Gasteiger partial charge in [0.1, 0.15) is 11.6 Å². The first-order valence-electron chi connectivity index (χ1n) is 7.00. The summed E-state index contributed by atoms with van der Waals surface area (Å²) in [5.74, 6) is -0.285. The van der Waals surface area contributed by atoms with Crippen LogP contribution in [0, 0.1) is 12.7 Å². The summed E-state index contributed by atoms with van der Waals surface area (Å²) in [6, 6.07) is 5.42. The van der Waals surface area contributed by atoms with Crippen LogP contribution in [0.3, 0.4) is 0 Å². The molecule has 0 saturated heterocycles. The van der Waals surface area contributed by atoms with Gasteiger partial charge in [0, 0.05) is 13.1 Å². The smallest absolute Gasteiger partial charge is 0.239 e. The Morgan fingerprint density at radius 1 is 1.48 bits per heavy atom. The quantitative estimate of drug-likeness (QED) is 0.749. The van der Waals surface area contributed by atoms with Crippen LogP contribution in [-0.4, -0.2) is 33.9 Å². The van der Waals surface area contributed by atoms with Gasteiger partial charge in [-0.05, 0) is 24.6 Å². The largest absolute Gasteiger partial charge is 0.394 e. The molecule has 0 bridgehead atoms. The van der Waals surface area contributed by atoms with E-state index in [1.54, 1.807) is 23.9 Å². The molecule has 0 spiro atoms. The van der Waals surface area contributed by atoms with Gasteiger partial charge in [0.2, 0.25) is 5.91 Å². The molecule has 8 heteroatoms. The SMILES string of the molecule is Cc1cc(NC(=O)CN[C@H](CO)c2ccc(Cl)c(F)c2)n(C)n1. The highest BCUT2D eigenvalue weighted by Crippen LogP contribution is 2.20. The molecule has 1 heterocycles. The maximum atomic E-state index is 13.5. The zero-order valence-electron chi connectivity index (χ0n) is 12.8. The first-order chi connectivity index (χ1) is 10.9. The van der Waals surface area contributed by atoms with Gasteiger partial charge in [0.25, 0.3) is 0 Å². The number of anilines is 1. The molecule has 2 aromatic rings. The molecule has 0 fully saturated rings. The number of aliphatic hydroxyl groups is 1. The monoisotopic (exact) mass is 340 g/mol. The van der Waals surface area contributed by atoms with Crippen molar-refractivity contribution in [2.24, 2.45) is 7.05 Å². The number of nitrogens with zero attached hydrogens (tertiary/aromatic N) is 2. The summed E-state index contributed by atoms with van der Waals surface area (Å²) < 4.78 is 15.0. The fourth-order valence-corrected chi connectivity index (χ4v) is 2.27. The Bertz CT molecular complexity index is 705. The Kier molecular flexibility index (Phi) is 5.70. The van der Waals surface area contributed by atoms with E-state index in [9.17, 15) is 14.3 Å². The fourth-order valence-electron chi connectivity index (χ4n) is 2.15. The van der Waals surface area contributed by atoms with Crippen LogP contribution in [0.15, 0.2) is 24.3 Å². The Hall–Kier alpha value is -1.96. The molecule has 0 radical (unpaired) electrons. The van der Waals surface area contributed by atoms with Crippen LogP contribution >= 0.6 is 11.6 Å². The topological polar surface area (TPSA) is 79.2 Å². The van der Waals surface area contributed by atoms with Crippen LogP contribution in [-0.2, 0) is 11.8 Å². The molecule has 0 saturated carbocycles. The lowest BCUT2D eigenvalue weighted by Gasteiger charge is -2.17. The lowest BCUT2D eigenvalue weighted by Crippen LogP contribution is -2.33. The fraction of sp³-hybridized carbons (Fsp3) is 0.333. The van der Waals surface area contributed by atoms with Crippen molar-refractivity contribution in [2.45, 2.75) is 13.0 Å². The number of carbonyl (C=O) groups is 1. The molecule has 1 amide bonds. The molecule has 0 unspecified atom stereocenters. The van der Waals surface area contributed by atoms with Crippen molar-refractivity contribution in [1.29, 1.82) is 0 Å². The van der Waals surface area contributed by atoms with Crippen molar-refractivity contribution in [3.63, 3.8) is 0 Å². The summed E-state index contributed by atoms with van der Waals surface area (Å²) in [7, 11) is 1.73. The van der Waals surface area contributed by atoms with Crippen molar-refractivity contribution in [1.82, 2.24) is 15.1 Å². The summed E-state index contributed by atoms with van der Waals surface area (Å²) in [6.07, 6.45) is 0. The third-order valence-corrected chi connectivity index (χ3v) is 3.61. The minimum atomic E-state index is -0.570. The third kappa shape index (κ3) is 4.51. The number of hydrogen-bond acceptors (Lipinski definition) is 4. The highest BCUT2D eigenvalue weighted by molar-refractivity contribution is 6.30. The van der Waals surface area contributed by atoms with Crippen LogP contribution < -0.4 is 10.6 Å². The molecule has 1 aromatic carbocycles. The van der Waals surface area contributed by atoms with E-state index in [4.69, 9.17) is 11.6 Å². The predicted molar refractivity (Wildman–Crippen MR) is 85.8 cm³/mol. The lowest BCUT2D eigenvalue weighted by molar-refractivity contribution is -0.115. The van der Waals surface area contributed by atoms with Gasteiger partial charge < -0.3 is 10.4 Å². The van der Waals surface area contributed by atoms with Crippen LogP contribution in [0.5, 0.6) is 0 Å². The summed E-state index contributed by atoms with van der Waals surface area (Å²) in [5, 5.41) is 19.1. The zero-order chi connectivity index (χ0) is 17.0. The van der Waals surface area contributed by atoms with E-state index in [0.717, 1.165) is 5.69 Å². The van der Waals surface area contributed by atoms with Gasteiger partial charge in [-0.15, -0.1) is 0 Å². The second kappa shape index (κ2) is 7.54. The molecule has 1 atom stereocenters. The van der Waals surface area contributed by atoms with Gasteiger partial charge in [-0.3, -0.25) is 14.8 Å². The number of rotatable bonds is 6. The van der Waals surface area contributed by atoms with Crippen LogP contribution in [0.2, 0.25) is 5.02 Å². The molecule has 1 aromatic heterocycles. The summed E-state index contributed by atoms with van der Waals surface area (Å²) in [4.78, 5) is 12.0. The maximum absolute atomic E-state index is 13.5. The average molecular weight is 341 g/mol. The van der Waals surface area contributed by atoms with E-state index in [1.165, 1.54) is 12.1 Å².